The molecule has 0 saturated heterocycles. The van der Waals surface area contributed by atoms with Gasteiger partial charge in [-0.25, -0.2) is 0 Å². The van der Waals surface area contributed by atoms with Crippen LogP contribution in [0.5, 0.6) is 0 Å². The van der Waals surface area contributed by atoms with Crippen LogP contribution in [-0.4, -0.2) is 22.5 Å². The smallest absolute Gasteiger partial charge is 0.267 e. The van der Waals surface area contributed by atoms with Gasteiger partial charge in [-0.2, -0.15) is 0 Å². The van der Waals surface area contributed by atoms with Crippen molar-refractivity contribution in [3.63, 3.8) is 0 Å². The first-order valence-electron chi connectivity index (χ1n) is 6.38. The Labute approximate surface area is 131 Å². The third-order valence-electron chi connectivity index (χ3n) is 3.50. The van der Waals surface area contributed by atoms with Crippen LogP contribution in [0.25, 0.3) is 0 Å². The standard InChI is InChI=1S/C14H14N2OS3/c1-9-10-5-8-20-11(10)4-6-16(9)14(18)15-13(17)12-3-2-7-19-12/h2-3,5,7-9H,4,6H2,1H3,(H,15,17,18)/t9-/m0/s1. The lowest BCUT2D eigenvalue weighted by Crippen LogP contribution is -2.46. The first kappa shape index (κ1) is 13.7. The highest BCUT2D eigenvalue weighted by molar-refractivity contribution is 7.80. The summed E-state index contributed by atoms with van der Waals surface area (Å²) in [6, 6.07) is 6.05. The summed E-state index contributed by atoms with van der Waals surface area (Å²) in [7, 11) is 0. The molecule has 0 fully saturated rings. The summed E-state index contributed by atoms with van der Waals surface area (Å²) >= 11 is 8.63. The average molecular weight is 322 g/mol. The number of carbonyl (C=O) groups is 1. The molecule has 1 aliphatic heterocycles. The van der Waals surface area contributed by atoms with Crippen LogP contribution in [0.4, 0.5) is 0 Å². The number of nitrogens with one attached hydrogen (secondary N) is 1. The second-order valence-electron chi connectivity index (χ2n) is 4.66. The van der Waals surface area contributed by atoms with Gasteiger partial charge in [0.15, 0.2) is 5.11 Å². The van der Waals surface area contributed by atoms with E-state index in [0.29, 0.717) is 9.99 Å². The van der Waals surface area contributed by atoms with Crippen LogP contribution in [0.15, 0.2) is 29.0 Å². The molecule has 6 heteroatoms. The quantitative estimate of drug-likeness (QED) is 0.816. The van der Waals surface area contributed by atoms with Gasteiger partial charge in [0.2, 0.25) is 0 Å². The van der Waals surface area contributed by atoms with Crippen molar-refractivity contribution in [3.05, 3.63) is 44.3 Å². The SMILES string of the molecule is C[C@H]1c2ccsc2CCN1C(=S)NC(=O)c1cccs1. The van der Waals surface area contributed by atoms with E-state index in [9.17, 15) is 4.79 Å². The van der Waals surface area contributed by atoms with E-state index < -0.39 is 0 Å². The molecule has 3 rings (SSSR count). The van der Waals surface area contributed by atoms with Crippen LogP contribution >= 0.6 is 34.9 Å². The number of amides is 1. The Morgan fingerprint density at radius 1 is 1.40 bits per heavy atom. The summed E-state index contributed by atoms with van der Waals surface area (Å²) in [5, 5.41) is 7.37. The van der Waals surface area contributed by atoms with Crippen molar-refractivity contribution in [2.24, 2.45) is 0 Å². The molecule has 3 nitrogen and oxygen atoms in total. The van der Waals surface area contributed by atoms with Crippen molar-refractivity contribution >= 4 is 45.9 Å². The van der Waals surface area contributed by atoms with E-state index in [4.69, 9.17) is 12.2 Å². The van der Waals surface area contributed by atoms with Crippen molar-refractivity contribution in [1.29, 1.82) is 0 Å². The van der Waals surface area contributed by atoms with Crippen LogP contribution in [0, 0.1) is 0 Å². The summed E-state index contributed by atoms with van der Waals surface area (Å²) in [4.78, 5) is 16.3. The molecular weight excluding hydrogens is 308 g/mol. The van der Waals surface area contributed by atoms with E-state index in [1.165, 1.54) is 21.8 Å². The third-order valence-corrected chi connectivity index (χ3v) is 5.71. The van der Waals surface area contributed by atoms with Crippen LogP contribution < -0.4 is 5.32 Å². The first-order valence-corrected chi connectivity index (χ1v) is 8.55. The fraction of sp³-hybridized carbons (Fsp3) is 0.286. The predicted octanol–water partition coefficient (Wildman–Crippen LogP) is 3.44. The lowest BCUT2D eigenvalue weighted by Gasteiger charge is -2.35. The second-order valence-corrected chi connectivity index (χ2v) is 6.99. The van der Waals surface area contributed by atoms with Gasteiger partial charge in [0.05, 0.1) is 10.9 Å². The van der Waals surface area contributed by atoms with Gasteiger partial charge in [-0.15, -0.1) is 22.7 Å². The number of thiocarbonyl (C=S) groups is 1. The van der Waals surface area contributed by atoms with Gasteiger partial charge in [-0.05, 0) is 54.0 Å². The van der Waals surface area contributed by atoms with Gasteiger partial charge in [-0.1, -0.05) is 6.07 Å². The minimum Gasteiger partial charge on any atom is -0.342 e. The molecule has 0 unspecified atom stereocenters. The summed E-state index contributed by atoms with van der Waals surface area (Å²) in [5.74, 6) is -0.117. The largest absolute Gasteiger partial charge is 0.342 e. The van der Waals surface area contributed by atoms with Crippen molar-refractivity contribution in [2.75, 3.05) is 6.54 Å². The highest BCUT2D eigenvalue weighted by Gasteiger charge is 2.27. The Kier molecular flexibility index (Phi) is 3.87. The molecule has 1 amide bonds. The molecule has 20 heavy (non-hydrogen) atoms. The van der Waals surface area contributed by atoms with Crippen molar-refractivity contribution in [2.45, 2.75) is 19.4 Å². The summed E-state index contributed by atoms with van der Waals surface area (Å²) in [6.07, 6.45) is 0.992. The van der Waals surface area contributed by atoms with Gasteiger partial charge in [0.25, 0.3) is 5.91 Å². The molecule has 2 aromatic heterocycles. The molecule has 0 spiro atoms. The normalized spacial score (nSPS) is 17.6. The number of carbonyl (C=O) groups excluding carboxylic acids is 1. The molecule has 1 atom stereocenters. The summed E-state index contributed by atoms with van der Waals surface area (Å²) in [6.45, 7) is 2.99. The summed E-state index contributed by atoms with van der Waals surface area (Å²) in [5.41, 5.74) is 1.33. The van der Waals surface area contributed by atoms with Crippen LogP contribution in [0.1, 0.15) is 33.1 Å². The predicted molar refractivity (Wildman–Crippen MR) is 87.5 cm³/mol. The molecule has 0 saturated carbocycles. The molecule has 0 aromatic carbocycles. The molecular formula is C14H14N2OS3. The Balaban J connectivity index is 1.71. The van der Waals surface area contributed by atoms with Crippen LogP contribution in [-0.2, 0) is 6.42 Å². The van der Waals surface area contributed by atoms with E-state index >= 15 is 0 Å². The molecule has 0 radical (unpaired) electrons. The molecule has 0 bridgehead atoms. The zero-order valence-corrected chi connectivity index (χ0v) is 13.4. The highest BCUT2D eigenvalue weighted by Crippen LogP contribution is 2.32. The Bertz CT molecular complexity index is 633. The zero-order chi connectivity index (χ0) is 14.1. The van der Waals surface area contributed by atoms with Crippen LogP contribution in [0.3, 0.4) is 0 Å². The van der Waals surface area contributed by atoms with Gasteiger partial charge >= 0.3 is 0 Å². The topological polar surface area (TPSA) is 32.3 Å². The maximum absolute atomic E-state index is 12.0. The highest BCUT2D eigenvalue weighted by atomic mass is 32.1. The average Bonchev–Trinajstić information content (AvgIpc) is 3.10. The van der Waals surface area contributed by atoms with E-state index in [1.54, 1.807) is 17.4 Å². The number of nitrogens with zero attached hydrogens (tertiary/aromatic N) is 1. The molecule has 104 valence electrons. The molecule has 0 aliphatic carbocycles. The van der Waals surface area contributed by atoms with E-state index in [-0.39, 0.29) is 11.9 Å². The monoisotopic (exact) mass is 322 g/mol. The third kappa shape index (κ3) is 2.51. The van der Waals surface area contributed by atoms with Gasteiger partial charge in [0, 0.05) is 11.4 Å². The number of fused-ring (bicyclic) bond motifs is 1. The van der Waals surface area contributed by atoms with E-state index in [2.05, 4.69) is 28.6 Å². The van der Waals surface area contributed by atoms with E-state index in [1.807, 2.05) is 11.4 Å². The van der Waals surface area contributed by atoms with Crippen LogP contribution in [0.2, 0.25) is 0 Å². The second kappa shape index (κ2) is 5.63. The number of thiophene rings is 2. The fourth-order valence-electron chi connectivity index (χ4n) is 2.43. The molecule has 1 aliphatic rings. The van der Waals surface area contributed by atoms with Gasteiger partial charge in [0.1, 0.15) is 0 Å². The summed E-state index contributed by atoms with van der Waals surface area (Å²) < 4.78 is 0. The van der Waals surface area contributed by atoms with Crippen molar-refractivity contribution in [3.8, 4) is 0 Å². The van der Waals surface area contributed by atoms with Gasteiger partial charge < -0.3 is 4.90 Å². The van der Waals surface area contributed by atoms with Crippen molar-refractivity contribution in [1.82, 2.24) is 10.2 Å². The van der Waals surface area contributed by atoms with E-state index in [0.717, 1.165) is 13.0 Å². The fourth-order valence-corrected chi connectivity index (χ4v) is 4.35. The Morgan fingerprint density at radius 2 is 2.25 bits per heavy atom. The lowest BCUT2D eigenvalue weighted by atomic mass is 10.0. The number of hydrogen-bond acceptors (Lipinski definition) is 4. The Hall–Kier alpha value is -1.24. The maximum atomic E-state index is 12.0. The number of rotatable bonds is 1. The minimum atomic E-state index is -0.117. The molecule has 3 heterocycles. The zero-order valence-electron chi connectivity index (χ0n) is 11.0. The molecule has 2 aromatic rings. The van der Waals surface area contributed by atoms with Gasteiger partial charge in [-0.3, -0.25) is 10.1 Å². The Morgan fingerprint density at radius 3 is 3.00 bits per heavy atom. The number of hydrogen-bond donors (Lipinski definition) is 1. The minimum absolute atomic E-state index is 0.117. The lowest BCUT2D eigenvalue weighted by molar-refractivity contribution is 0.0975. The maximum Gasteiger partial charge on any atom is 0.267 e. The van der Waals surface area contributed by atoms with Crippen molar-refractivity contribution < 1.29 is 4.79 Å². The molecule has 1 N–H and O–H groups in total. The first-order chi connectivity index (χ1) is 9.66.